The molecule has 1 N–H and O–H groups in total. The van der Waals surface area contributed by atoms with Crippen molar-refractivity contribution in [1.29, 1.82) is 0 Å². The molecular formula is C21H18FN3O2S. The first-order chi connectivity index (χ1) is 13.4. The lowest BCUT2D eigenvalue weighted by atomic mass is 10.2. The second-order valence-electron chi connectivity index (χ2n) is 6.05. The largest absolute Gasteiger partial charge is 0.320 e. The summed E-state index contributed by atoms with van der Waals surface area (Å²) in [5.41, 5.74) is 2.21. The predicted molar refractivity (Wildman–Crippen MR) is 110 cm³/mol. The van der Waals surface area contributed by atoms with Gasteiger partial charge in [-0.2, -0.15) is 0 Å². The number of amides is 2. The van der Waals surface area contributed by atoms with Crippen molar-refractivity contribution in [3.63, 3.8) is 0 Å². The van der Waals surface area contributed by atoms with Crippen LogP contribution >= 0.6 is 11.3 Å². The lowest BCUT2D eigenvalue weighted by Gasteiger charge is -2.17. The Bertz CT molecular complexity index is 1030. The number of hydrogen-bond donors (Lipinski definition) is 1. The van der Waals surface area contributed by atoms with Crippen molar-refractivity contribution in [3.05, 3.63) is 77.1 Å². The first-order valence-electron chi connectivity index (χ1n) is 8.50. The van der Waals surface area contributed by atoms with E-state index in [1.807, 2.05) is 37.3 Å². The van der Waals surface area contributed by atoms with E-state index in [-0.39, 0.29) is 11.6 Å². The fourth-order valence-corrected chi connectivity index (χ4v) is 3.38. The third-order valence-electron chi connectivity index (χ3n) is 3.82. The molecular weight excluding hydrogens is 377 g/mol. The molecule has 0 saturated heterocycles. The van der Waals surface area contributed by atoms with Crippen molar-refractivity contribution in [2.75, 3.05) is 10.2 Å². The molecule has 1 heterocycles. The van der Waals surface area contributed by atoms with Gasteiger partial charge in [-0.25, -0.2) is 9.37 Å². The highest BCUT2D eigenvalue weighted by Crippen LogP contribution is 2.29. The van der Waals surface area contributed by atoms with Crippen LogP contribution in [0.15, 0.2) is 60.0 Å². The van der Waals surface area contributed by atoms with Gasteiger partial charge < -0.3 is 5.32 Å². The molecule has 0 aliphatic rings. The number of aromatic nitrogens is 1. The van der Waals surface area contributed by atoms with Crippen LogP contribution in [0.4, 0.5) is 20.9 Å². The lowest BCUT2D eigenvalue weighted by Crippen LogP contribution is -2.22. The number of aryl methyl sites for hydroxylation is 1. The first kappa shape index (κ1) is 19.4. The van der Waals surface area contributed by atoms with Crippen molar-refractivity contribution in [3.8, 4) is 0 Å². The van der Waals surface area contributed by atoms with Gasteiger partial charge in [-0.15, -0.1) is 11.3 Å². The van der Waals surface area contributed by atoms with E-state index < -0.39 is 11.7 Å². The molecule has 2 aromatic carbocycles. The highest BCUT2D eigenvalue weighted by Gasteiger charge is 2.17. The minimum atomic E-state index is -0.497. The minimum absolute atomic E-state index is 0.125. The van der Waals surface area contributed by atoms with Crippen molar-refractivity contribution in [2.45, 2.75) is 13.8 Å². The van der Waals surface area contributed by atoms with Crippen LogP contribution in [0.3, 0.4) is 0 Å². The van der Waals surface area contributed by atoms with E-state index in [4.69, 9.17) is 0 Å². The summed E-state index contributed by atoms with van der Waals surface area (Å²) in [5, 5.41) is 4.75. The molecule has 0 aliphatic heterocycles. The van der Waals surface area contributed by atoms with Crippen LogP contribution in [0, 0.1) is 12.7 Å². The molecule has 0 spiro atoms. The smallest absolute Gasteiger partial charge is 0.248 e. The third kappa shape index (κ3) is 4.69. The van der Waals surface area contributed by atoms with Gasteiger partial charge in [0.05, 0.1) is 17.1 Å². The van der Waals surface area contributed by atoms with Gasteiger partial charge in [0.2, 0.25) is 11.8 Å². The number of carbonyl (C=O) groups is 2. The molecule has 5 nitrogen and oxygen atoms in total. The molecule has 28 heavy (non-hydrogen) atoms. The SMILES string of the molecule is CC(=O)N(c1ccccc1)c1nc(C=CC(=O)Nc2cc(C)ccc2F)cs1. The highest BCUT2D eigenvalue weighted by atomic mass is 32.1. The number of thiazole rings is 1. The van der Waals surface area contributed by atoms with Crippen LogP contribution in [0.5, 0.6) is 0 Å². The number of nitrogens with one attached hydrogen (secondary N) is 1. The second kappa shape index (κ2) is 8.58. The van der Waals surface area contributed by atoms with Gasteiger partial charge in [-0.3, -0.25) is 14.5 Å². The zero-order valence-electron chi connectivity index (χ0n) is 15.3. The summed E-state index contributed by atoms with van der Waals surface area (Å²) in [6.07, 6.45) is 2.80. The number of nitrogens with zero attached hydrogens (tertiary/aromatic N) is 2. The maximum Gasteiger partial charge on any atom is 0.248 e. The monoisotopic (exact) mass is 395 g/mol. The summed E-state index contributed by atoms with van der Waals surface area (Å²) in [5.74, 6) is -1.13. The normalized spacial score (nSPS) is 10.8. The molecule has 0 unspecified atom stereocenters. The Morgan fingerprint density at radius 3 is 2.64 bits per heavy atom. The highest BCUT2D eigenvalue weighted by molar-refractivity contribution is 7.14. The molecule has 0 radical (unpaired) electrons. The summed E-state index contributed by atoms with van der Waals surface area (Å²) in [6.45, 7) is 3.28. The fraction of sp³-hybridized carbons (Fsp3) is 0.0952. The number of hydrogen-bond acceptors (Lipinski definition) is 4. The number of halogens is 1. The first-order valence-corrected chi connectivity index (χ1v) is 9.38. The van der Waals surface area contributed by atoms with E-state index in [1.54, 1.807) is 17.5 Å². The molecule has 1 aromatic heterocycles. The summed E-state index contributed by atoms with van der Waals surface area (Å²) in [7, 11) is 0. The average molecular weight is 395 g/mol. The standard InChI is InChI=1S/C21H18FN3O2S/c1-14-8-10-18(22)19(12-14)24-20(27)11-9-16-13-28-21(23-16)25(15(2)26)17-6-4-3-5-7-17/h3-13H,1-2H3,(H,24,27). The van der Waals surface area contributed by atoms with Gasteiger partial charge >= 0.3 is 0 Å². The number of carbonyl (C=O) groups excluding carboxylic acids is 2. The molecule has 3 aromatic rings. The van der Waals surface area contributed by atoms with E-state index in [0.29, 0.717) is 16.5 Å². The Labute approximate surface area is 166 Å². The number of benzene rings is 2. The van der Waals surface area contributed by atoms with Crippen LogP contribution in [0.1, 0.15) is 18.2 Å². The summed E-state index contributed by atoms with van der Waals surface area (Å²) in [4.78, 5) is 30.0. The Morgan fingerprint density at radius 2 is 1.93 bits per heavy atom. The maximum absolute atomic E-state index is 13.7. The van der Waals surface area contributed by atoms with E-state index in [2.05, 4.69) is 10.3 Å². The number of para-hydroxylation sites is 1. The Hall–Kier alpha value is -3.32. The van der Waals surface area contributed by atoms with Crippen LogP contribution in [0.2, 0.25) is 0 Å². The van der Waals surface area contributed by atoms with Gasteiger partial charge in [0, 0.05) is 18.4 Å². The zero-order valence-corrected chi connectivity index (χ0v) is 16.2. The number of anilines is 3. The van der Waals surface area contributed by atoms with Crippen molar-refractivity contribution in [2.24, 2.45) is 0 Å². The van der Waals surface area contributed by atoms with E-state index >= 15 is 0 Å². The van der Waals surface area contributed by atoms with E-state index in [0.717, 1.165) is 5.56 Å². The Kier molecular flexibility index (Phi) is 5.96. The molecule has 2 amide bonds. The second-order valence-corrected chi connectivity index (χ2v) is 6.89. The minimum Gasteiger partial charge on any atom is -0.320 e. The maximum atomic E-state index is 13.7. The molecule has 0 aliphatic carbocycles. The summed E-state index contributed by atoms with van der Waals surface area (Å²) in [6, 6.07) is 13.7. The molecule has 7 heteroatoms. The topological polar surface area (TPSA) is 62.3 Å². The van der Waals surface area contributed by atoms with Gasteiger partial charge in [0.1, 0.15) is 5.82 Å². The Morgan fingerprint density at radius 1 is 1.18 bits per heavy atom. The quantitative estimate of drug-likeness (QED) is 0.623. The van der Waals surface area contributed by atoms with Gasteiger partial charge in [-0.05, 0) is 42.8 Å². The van der Waals surface area contributed by atoms with E-state index in [9.17, 15) is 14.0 Å². The third-order valence-corrected chi connectivity index (χ3v) is 4.66. The van der Waals surface area contributed by atoms with Crippen LogP contribution < -0.4 is 10.2 Å². The van der Waals surface area contributed by atoms with Gasteiger partial charge in [0.25, 0.3) is 0 Å². The van der Waals surface area contributed by atoms with Crippen molar-refractivity contribution in [1.82, 2.24) is 4.98 Å². The lowest BCUT2D eigenvalue weighted by molar-refractivity contribution is -0.116. The molecule has 0 fully saturated rings. The molecule has 0 bridgehead atoms. The Balaban J connectivity index is 1.73. The van der Waals surface area contributed by atoms with Gasteiger partial charge in [0.15, 0.2) is 5.13 Å². The van der Waals surface area contributed by atoms with Crippen LogP contribution in [-0.2, 0) is 9.59 Å². The average Bonchev–Trinajstić information content (AvgIpc) is 3.12. The zero-order chi connectivity index (χ0) is 20.1. The molecule has 0 atom stereocenters. The molecule has 3 rings (SSSR count). The summed E-state index contributed by atoms with van der Waals surface area (Å²) >= 11 is 1.29. The van der Waals surface area contributed by atoms with Crippen molar-refractivity contribution < 1.29 is 14.0 Å². The van der Waals surface area contributed by atoms with Crippen LogP contribution in [-0.4, -0.2) is 16.8 Å². The van der Waals surface area contributed by atoms with Crippen LogP contribution in [0.25, 0.3) is 6.08 Å². The summed E-state index contributed by atoms with van der Waals surface area (Å²) < 4.78 is 13.7. The fourth-order valence-electron chi connectivity index (χ4n) is 2.53. The van der Waals surface area contributed by atoms with E-state index in [1.165, 1.54) is 41.4 Å². The molecule has 142 valence electrons. The molecule has 0 saturated carbocycles. The number of rotatable bonds is 5. The predicted octanol–water partition coefficient (Wildman–Crippen LogP) is 4.93. The van der Waals surface area contributed by atoms with Gasteiger partial charge in [-0.1, -0.05) is 24.3 Å². The van der Waals surface area contributed by atoms with Crippen molar-refractivity contribution >= 4 is 45.7 Å².